The molecule has 4 aromatic rings. The summed E-state index contributed by atoms with van der Waals surface area (Å²) in [5, 5.41) is 4.11. The number of aromatic nitrogens is 3. The molecule has 0 unspecified atom stereocenters. The molecule has 26 heavy (non-hydrogen) atoms. The molecule has 0 aliphatic carbocycles. The number of imidazole rings is 1. The fraction of sp³-hybridized carbons (Fsp3) is 0.238. The number of carbonyl (C=O) groups excluding carboxylic acids is 1. The van der Waals surface area contributed by atoms with E-state index >= 15 is 0 Å². The van der Waals surface area contributed by atoms with Crippen LogP contribution in [-0.4, -0.2) is 20.4 Å². The first-order valence-electron chi connectivity index (χ1n) is 8.90. The van der Waals surface area contributed by atoms with E-state index in [1.54, 1.807) is 0 Å². The summed E-state index contributed by atoms with van der Waals surface area (Å²) in [6, 6.07) is 16.4. The van der Waals surface area contributed by atoms with E-state index in [0.717, 1.165) is 27.8 Å². The molecule has 4 rings (SSSR count). The average Bonchev–Trinajstić information content (AvgIpc) is 3.21. The third-order valence-electron chi connectivity index (χ3n) is 4.62. The van der Waals surface area contributed by atoms with Gasteiger partial charge in [-0.25, -0.2) is 4.98 Å². The molecule has 0 atom stereocenters. The molecule has 1 amide bonds. The predicted molar refractivity (Wildman–Crippen MR) is 104 cm³/mol. The molecule has 0 bridgehead atoms. The summed E-state index contributed by atoms with van der Waals surface area (Å²) in [6.45, 7) is 4.70. The third kappa shape index (κ3) is 3.08. The van der Waals surface area contributed by atoms with Crippen molar-refractivity contribution in [3.63, 3.8) is 0 Å². The van der Waals surface area contributed by atoms with E-state index in [-0.39, 0.29) is 5.91 Å². The lowest BCUT2D eigenvalue weighted by Gasteiger charge is -2.08. The molecule has 0 fully saturated rings. The number of rotatable bonds is 5. The van der Waals surface area contributed by atoms with Crippen LogP contribution in [0, 0.1) is 0 Å². The van der Waals surface area contributed by atoms with Gasteiger partial charge in [0.1, 0.15) is 5.82 Å². The molecule has 2 aromatic heterocycles. The predicted octanol–water partition coefficient (Wildman–Crippen LogP) is 3.96. The van der Waals surface area contributed by atoms with Crippen LogP contribution in [0.1, 0.15) is 31.3 Å². The minimum atomic E-state index is -0.00267. The molecule has 0 saturated carbocycles. The number of para-hydroxylation sites is 3. The maximum Gasteiger partial charge on any atom is 0.224 e. The summed E-state index contributed by atoms with van der Waals surface area (Å²) < 4.78 is 2.22. The molecule has 2 heterocycles. The lowest BCUT2D eigenvalue weighted by molar-refractivity contribution is -0.120. The zero-order valence-corrected chi connectivity index (χ0v) is 15.0. The van der Waals surface area contributed by atoms with Crippen LogP contribution in [-0.2, 0) is 17.8 Å². The zero-order chi connectivity index (χ0) is 18.1. The Labute approximate surface area is 152 Å². The van der Waals surface area contributed by atoms with Crippen molar-refractivity contribution in [2.75, 3.05) is 0 Å². The first kappa shape index (κ1) is 16.4. The SMILES string of the molecule is CC(C)n1cc(CC(=O)NCc2nc3ccccc3[nH]2)c2ccccc21. The van der Waals surface area contributed by atoms with Crippen molar-refractivity contribution >= 4 is 27.8 Å². The quantitative estimate of drug-likeness (QED) is 0.574. The number of nitrogens with one attached hydrogen (secondary N) is 2. The van der Waals surface area contributed by atoms with Gasteiger partial charge in [-0.15, -0.1) is 0 Å². The van der Waals surface area contributed by atoms with E-state index in [2.05, 4.69) is 52.0 Å². The van der Waals surface area contributed by atoms with Gasteiger partial charge in [-0.05, 0) is 37.6 Å². The van der Waals surface area contributed by atoms with Gasteiger partial charge in [0.15, 0.2) is 0 Å². The number of aromatic amines is 1. The first-order valence-corrected chi connectivity index (χ1v) is 8.90. The Morgan fingerprint density at radius 2 is 1.92 bits per heavy atom. The Morgan fingerprint density at radius 3 is 2.73 bits per heavy atom. The second kappa shape index (κ2) is 6.67. The molecule has 0 spiro atoms. The van der Waals surface area contributed by atoms with Crippen molar-refractivity contribution in [2.45, 2.75) is 32.9 Å². The van der Waals surface area contributed by atoms with Crippen LogP contribution in [0.15, 0.2) is 54.7 Å². The summed E-state index contributed by atoms with van der Waals surface area (Å²) in [5.41, 5.74) is 4.12. The molecule has 0 aliphatic rings. The van der Waals surface area contributed by atoms with Crippen molar-refractivity contribution in [3.8, 4) is 0 Å². The molecule has 0 saturated heterocycles. The molecule has 2 N–H and O–H groups in total. The van der Waals surface area contributed by atoms with Crippen LogP contribution < -0.4 is 5.32 Å². The molecular formula is C21H22N4O. The van der Waals surface area contributed by atoms with Crippen molar-refractivity contribution in [1.82, 2.24) is 19.9 Å². The van der Waals surface area contributed by atoms with Crippen molar-refractivity contribution in [2.24, 2.45) is 0 Å². The maximum absolute atomic E-state index is 12.5. The van der Waals surface area contributed by atoms with E-state index in [1.807, 2.05) is 36.4 Å². The van der Waals surface area contributed by atoms with E-state index in [0.29, 0.717) is 19.0 Å². The van der Waals surface area contributed by atoms with E-state index in [4.69, 9.17) is 0 Å². The Morgan fingerprint density at radius 1 is 1.15 bits per heavy atom. The number of amides is 1. The summed E-state index contributed by atoms with van der Waals surface area (Å²) in [7, 11) is 0. The number of carbonyl (C=O) groups is 1. The standard InChI is InChI=1S/C21H22N4O/c1-14(2)25-13-15(16-7-3-6-10-19(16)25)11-21(26)22-12-20-23-17-8-4-5-9-18(17)24-20/h3-10,13-14H,11-12H2,1-2H3,(H,22,26)(H,23,24). The zero-order valence-electron chi connectivity index (χ0n) is 15.0. The van der Waals surface area contributed by atoms with Gasteiger partial charge in [-0.3, -0.25) is 4.79 Å². The smallest absolute Gasteiger partial charge is 0.224 e. The van der Waals surface area contributed by atoms with Gasteiger partial charge in [0.25, 0.3) is 0 Å². The molecule has 0 radical (unpaired) electrons. The Kier molecular flexibility index (Phi) is 4.21. The van der Waals surface area contributed by atoms with Crippen LogP contribution in [0.5, 0.6) is 0 Å². The van der Waals surface area contributed by atoms with E-state index in [9.17, 15) is 4.79 Å². The summed E-state index contributed by atoms with van der Waals surface area (Å²) >= 11 is 0. The van der Waals surface area contributed by atoms with Crippen LogP contribution >= 0.6 is 0 Å². The molecule has 5 nitrogen and oxygen atoms in total. The topological polar surface area (TPSA) is 62.7 Å². The fourth-order valence-corrected chi connectivity index (χ4v) is 3.35. The average molecular weight is 346 g/mol. The summed E-state index contributed by atoms with van der Waals surface area (Å²) in [6.07, 6.45) is 2.45. The molecule has 132 valence electrons. The number of benzene rings is 2. The minimum absolute atomic E-state index is 0.00267. The van der Waals surface area contributed by atoms with Crippen LogP contribution in [0.4, 0.5) is 0 Å². The summed E-state index contributed by atoms with van der Waals surface area (Å²) in [4.78, 5) is 20.2. The van der Waals surface area contributed by atoms with Gasteiger partial charge in [0.05, 0.1) is 24.0 Å². The Bertz CT molecular complexity index is 1040. The number of H-pyrrole nitrogens is 1. The van der Waals surface area contributed by atoms with Crippen molar-refractivity contribution in [3.05, 3.63) is 66.1 Å². The number of hydrogen-bond donors (Lipinski definition) is 2. The normalized spacial score (nSPS) is 11.5. The highest BCUT2D eigenvalue weighted by Crippen LogP contribution is 2.25. The van der Waals surface area contributed by atoms with Gasteiger partial charge in [0, 0.05) is 23.1 Å². The van der Waals surface area contributed by atoms with Crippen LogP contribution in [0.2, 0.25) is 0 Å². The van der Waals surface area contributed by atoms with Gasteiger partial charge in [-0.2, -0.15) is 0 Å². The van der Waals surface area contributed by atoms with Gasteiger partial charge < -0.3 is 14.9 Å². The molecule has 0 aliphatic heterocycles. The number of fused-ring (bicyclic) bond motifs is 2. The van der Waals surface area contributed by atoms with Crippen molar-refractivity contribution in [1.29, 1.82) is 0 Å². The second-order valence-electron chi connectivity index (χ2n) is 6.83. The van der Waals surface area contributed by atoms with Crippen LogP contribution in [0.3, 0.4) is 0 Å². The Hall–Kier alpha value is -3.08. The monoisotopic (exact) mass is 346 g/mol. The first-order chi connectivity index (χ1) is 12.6. The van der Waals surface area contributed by atoms with Crippen LogP contribution in [0.25, 0.3) is 21.9 Å². The third-order valence-corrected chi connectivity index (χ3v) is 4.62. The fourth-order valence-electron chi connectivity index (χ4n) is 3.35. The van der Waals surface area contributed by atoms with Gasteiger partial charge in [0.2, 0.25) is 5.91 Å². The van der Waals surface area contributed by atoms with E-state index in [1.165, 1.54) is 5.52 Å². The number of nitrogens with zero attached hydrogens (tertiary/aromatic N) is 2. The molecule has 5 heteroatoms. The van der Waals surface area contributed by atoms with Crippen molar-refractivity contribution < 1.29 is 4.79 Å². The lowest BCUT2D eigenvalue weighted by atomic mass is 10.1. The van der Waals surface area contributed by atoms with Gasteiger partial charge in [-0.1, -0.05) is 30.3 Å². The molecular weight excluding hydrogens is 324 g/mol. The van der Waals surface area contributed by atoms with Gasteiger partial charge >= 0.3 is 0 Å². The number of hydrogen-bond acceptors (Lipinski definition) is 2. The Balaban J connectivity index is 1.49. The highest BCUT2D eigenvalue weighted by atomic mass is 16.1. The largest absolute Gasteiger partial charge is 0.349 e. The summed E-state index contributed by atoms with van der Waals surface area (Å²) in [5.74, 6) is 0.765. The highest BCUT2D eigenvalue weighted by molar-refractivity contribution is 5.89. The minimum Gasteiger partial charge on any atom is -0.349 e. The second-order valence-corrected chi connectivity index (χ2v) is 6.83. The lowest BCUT2D eigenvalue weighted by Crippen LogP contribution is -2.25. The highest BCUT2D eigenvalue weighted by Gasteiger charge is 2.13. The maximum atomic E-state index is 12.5. The molecule has 2 aromatic carbocycles. The van der Waals surface area contributed by atoms with E-state index < -0.39 is 0 Å².